The molecule has 0 saturated carbocycles. The van der Waals surface area contributed by atoms with Gasteiger partial charge in [-0.1, -0.05) is 22.0 Å². The van der Waals surface area contributed by atoms with Crippen LogP contribution in [0.15, 0.2) is 87.9 Å². The molecule has 2 aromatic heterocycles. The zero-order valence-electron chi connectivity index (χ0n) is 17.5. The molecule has 33 heavy (non-hydrogen) atoms. The predicted molar refractivity (Wildman–Crippen MR) is 133 cm³/mol. The number of aromatic nitrogens is 1. The number of nitrogens with zero attached hydrogens (tertiary/aromatic N) is 2. The number of furan rings is 1. The lowest BCUT2D eigenvalue weighted by Crippen LogP contribution is -2.29. The van der Waals surface area contributed by atoms with E-state index in [9.17, 15) is 4.39 Å². The molecule has 1 N–H and O–H groups in total. The quantitative estimate of drug-likeness (QED) is 0.304. The van der Waals surface area contributed by atoms with Gasteiger partial charge in [0, 0.05) is 16.4 Å². The van der Waals surface area contributed by atoms with Crippen LogP contribution in [0.2, 0.25) is 0 Å². The van der Waals surface area contributed by atoms with Crippen LogP contribution in [0.3, 0.4) is 0 Å². The lowest BCUT2D eigenvalue weighted by atomic mass is 10.0. The second kappa shape index (κ2) is 8.96. The summed E-state index contributed by atoms with van der Waals surface area (Å²) in [6.07, 6.45) is 1.75. The summed E-state index contributed by atoms with van der Waals surface area (Å²) in [5, 5.41) is 3.94. The van der Waals surface area contributed by atoms with Gasteiger partial charge < -0.3 is 19.4 Å². The van der Waals surface area contributed by atoms with Gasteiger partial charge in [-0.3, -0.25) is 4.98 Å². The van der Waals surface area contributed by atoms with E-state index in [-0.39, 0.29) is 17.9 Å². The molecular weight excluding hydrogens is 505 g/mol. The molecule has 1 aliphatic rings. The van der Waals surface area contributed by atoms with E-state index in [1.54, 1.807) is 31.5 Å². The van der Waals surface area contributed by atoms with Crippen LogP contribution in [-0.4, -0.2) is 17.2 Å². The Bertz CT molecular complexity index is 1300. The smallest absolute Gasteiger partial charge is 0.174 e. The predicted octanol–water partition coefficient (Wildman–Crippen LogP) is 6.43. The molecular formula is C25H19BrFN3O2S. The van der Waals surface area contributed by atoms with Crippen molar-refractivity contribution in [3.8, 4) is 17.1 Å². The van der Waals surface area contributed by atoms with Gasteiger partial charge in [0.05, 0.1) is 24.4 Å². The van der Waals surface area contributed by atoms with Crippen molar-refractivity contribution in [2.24, 2.45) is 0 Å². The van der Waals surface area contributed by atoms with E-state index in [2.05, 4.69) is 26.2 Å². The van der Waals surface area contributed by atoms with Gasteiger partial charge in [-0.05, 0) is 78.9 Å². The Labute approximate surface area is 204 Å². The molecule has 2 atom stereocenters. The lowest BCUT2D eigenvalue weighted by Gasteiger charge is -2.26. The molecule has 2 unspecified atom stereocenters. The average molecular weight is 524 g/mol. The van der Waals surface area contributed by atoms with Crippen molar-refractivity contribution in [1.29, 1.82) is 0 Å². The van der Waals surface area contributed by atoms with Crippen molar-refractivity contribution in [3.05, 3.63) is 101 Å². The van der Waals surface area contributed by atoms with Gasteiger partial charge in [-0.2, -0.15) is 0 Å². The Morgan fingerprint density at radius 3 is 2.61 bits per heavy atom. The number of ether oxygens (including phenoxy) is 1. The molecule has 2 aromatic carbocycles. The molecule has 8 heteroatoms. The third-order valence-corrected chi connectivity index (χ3v) is 6.37. The second-order valence-corrected chi connectivity index (χ2v) is 8.82. The number of thiocarbonyl (C=S) groups is 1. The van der Waals surface area contributed by atoms with Crippen molar-refractivity contribution in [2.75, 3.05) is 12.0 Å². The largest absolute Gasteiger partial charge is 0.497 e. The molecule has 1 fully saturated rings. The van der Waals surface area contributed by atoms with E-state index in [1.807, 2.05) is 53.4 Å². The highest BCUT2D eigenvalue weighted by atomic mass is 79.9. The van der Waals surface area contributed by atoms with E-state index < -0.39 is 0 Å². The molecule has 5 nitrogen and oxygen atoms in total. The van der Waals surface area contributed by atoms with Crippen LogP contribution in [-0.2, 0) is 0 Å². The average Bonchev–Trinajstić information content (AvgIpc) is 3.44. The maximum absolute atomic E-state index is 14.6. The van der Waals surface area contributed by atoms with E-state index in [4.69, 9.17) is 21.4 Å². The first-order valence-corrected chi connectivity index (χ1v) is 11.4. The van der Waals surface area contributed by atoms with Crippen molar-refractivity contribution in [1.82, 2.24) is 10.3 Å². The van der Waals surface area contributed by atoms with Gasteiger partial charge in [-0.25, -0.2) is 4.39 Å². The number of hydrogen-bond acceptors (Lipinski definition) is 4. The number of nitrogens with one attached hydrogen (secondary N) is 1. The first-order chi connectivity index (χ1) is 16.0. The summed E-state index contributed by atoms with van der Waals surface area (Å²) in [5.74, 6) is 1.48. The SMILES string of the molecule is COc1ccc(N2C(=S)NC(c3ccccn3)C2c2ccc(-c3ccc(Br)cc3F)o2)cc1. The first-order valence-electron chi connectivity index (χ1n) is 10.2. The van der Waals surface area contributed by atoms with E-state index in [0.29, 0.717) is 26.7 Å². The van der Waals surface area contributed by atoms with Crippen molar-refractivity contribution in [2.45, 2.75) is 12.1 Å². The zero-order chi connectivity index (χ0) is 22.9. The van der Waals surface area contributed by atoms with Crippen LogP contribution >= 0.6 is 28.1 Å². The van der Waals surface area contributed by atoms with Gasteiger partial charge in [0.15, 0.2) is 5.11 Å². The summed E-state index contributed by atoms with van der Waals surface area (Å²) in [5.41, 5.74) is 2.10. The first kappa shape index (κ1) is 21.6. The van der Waals surface area contributed by atoms with Crippen LogP contribution in [0.25, 0.3) is 11.3 Å². The number of halogens is 2. The highest BCUT2D eigenvalue weighted by Crippen LogP contribution is 2.43. The van der Waals surface area contributed by atoms with Crippen molar-refractivity contribution >= 4 is 38.9 Å². The van der Waals surface area contributed by atoms with E-state index >= 15 is 0 Å². The van der Waals surface area contributed by atoms with Crippen LogP contribution < -0.4 is 15.0 Å². The van der Waals surface area contributed by atoms with Gasteiger partial charge >= 0.3 is 0 Å². The summed E-state index contributed by atoms with van der Waals surface area (Å²) >= 11 is 9.02. The van der Waals surface area contributed by atoms with Gasteiger partial charge in [0.2, 0.25) is 0 Å². The number of methoxy groups -OCH3 is 1. The topological polar surface area (TPSA) is 50.5 Å². The summed E-state index contributed by atoms with van der Waals surface area (Å²) < 4.78 is 26.8. The molecule has 0 aliphatic carbocycles. The monoisotopic (exact) mass is 523 g/mol. The van der Waals surface area contributed by atoms with Crippen molar-refractivity contribution < 1.29 is 13.5 Å². The minimum Gasteiger partial charge on any atom is -0.497 e. The number of hydrogen-bond donors (Lipinski definition) is 1. The summed E-state index contributed by atoms with van der Waals surface area (Å²) in [4.78, 5) is 6.53. The maximum atomic E-state index is 14.6. The number of anilines is 1. The molecule has 0 spiro atoms. The van der Waals surface area contributed by atoms with Crippen LogP contribution in [0.5, 0.6) is 5.75 Å². The van der Waals surface area contributed by atoms with E-state index in [0.717, 1.165) is 17.1 Å². The molecule has 1 saturated heterocycles. The highest BCUT2D eigenvalue weighted by Gasteiger charge is 2.42. The zero-order valence-corrected chi connectivity index (χ0v) is 19.9. The molecule has 0 bridgehead atoms. The fraction of sp³-hybridized carbons (Fsp3) is 0.120. The Balaban J connectivity index is 1.59. The normalized spacial score (nSPS) is 17.8. The van der Waals surface area contributed by atoms with Crippen LogP contribution in [0, 0.1) is 5.82 Å². The molecule has 1 aliphatic heterocycles. The third-order valence-electron chi connectivity index (χ3n) is 5.56. The molecule has 4 aromatic rings. The lowest BCUT2D eigenvalue weighted by molar-refractivity contribution is 0.414. The number of benzene rings is 2. The van der Waals surface area contributed by atoms with Crippen molar-refractivity contribution in [3.63, 3.8) is 0 Å². The summed E-state index contributed by atoms with van der Waals surface area (Å²) in [6.45, 7) is 0. The second-order valence-electron chi connectivity index (χ2n) is 7.52. The molecule has 166 valence electrons. The Kier molecular flexibility index (Phi) is 5.86. The van der Waals surface area contributed by atoms with Gasteiger partial charge in [0.25, 0.3) is 0 Å². The molecule has 3 heterocycles. The molecule has 0 radical (unpaired) electrons. The van der Waals surface area contributed by atoms with E-state index in [1.165, 1.54) is 6.07 Å². The Morgan fingerprint density at radius 2 is 1.91 bits per heavy atom. The minimum atomic E-state index is -0.362. The molecule has 5 rings (SSSR count). The Hall–Kier alpha value is -3.23. The highest BCUT2D eigenvalue weighted by molar-refractivity contribution is 9.10. The van der Waals surface area contributed by atoms with Gasteiger partial charge in [-0.15, -0.1) is 0 Å². The number of pyridine rings is 1. The summed E-state index contributed by atoms with van der Waals surface area (Å²) in [6, 6.07) is 21.4. The van der Waals surface area contributed by atoms with Crippen LogP contribution in [0.4, 0.5) is 10.1 Å². The standard InChI is InChI=1S/C25H19BrFN3O2S/c1-31-17-8-6-16(7-9-17)30-24(23(29-25(30)33)20-4-2-3-13-28-20)22-12-11-21(32-22)18-10-5-15(26)14-19(18)27/h2-14,23-24H,1H3,(H,29,33). The third kappa shape index (κ3) is 4.12. The number of rotatable bonds is 5. The van der Waals surface area contributed by atoms with Crippen LogP contribution in [0.1, 0.15) is 23.5 Å². The minimum absolute atomic E-state index is 0.255. The molecule has 0 amide bonds. The Morgan fingerprint density at radius 1 is 1.09 bits per heavy atom. The fourth-order valence-corrected chi connectivity index (χ4v) is 4.69. The summed E-state index contributed by atoms with van der Waals surface area (Å²) in [7, 11) is 1.63. The maximum Gasteiger partial charge on any atom is 0.174 e. The van der Waals surface area contributed by atoms with Gasteiger partial charge in [0.1, 0.15) is 29.1 Å². The fourth-order valence-electron chi connectivity index (χ4n) is 4.01.